The van der Waals surface area contributed by atoms with Crippen LogP contribution in [0.5, 0.6) is 0 Å². The maximum absolute atomic E-state index is 12.9. The summed E-state index contributed by atoms with van der Waals surface area (Å²) in [5, 5.41) is 0. The van der Waals surface area contributed by atoms with Crippen molar-refractivity contribution in [1.29, 1.82) is 0 Å². The Morgan fingerprint density at radius 1 is 1.55 bits per heavy atom. The van der Waals surface area contributed by atoms with Crippen LogP contribution >= 0.6 is 0 Å². The highest BCUT2D eigenvalue weighted by atomic mass is 19.1. The summed E-state index contributed by atoms with van der Waals surface area (Å²) in [5.41, 5.74) is 0.813. The number of imidazole rings is 1. The fraction of sp³-hybridized carbons (Fsp3) is 0.143. The maximum Gasteiger partial charge on any atom is 0.180 e. The smallest absolute Gasteiger partial charge is 0.180 e. The predicted octanol–water partition coefficient (Wildman–Crippen LogP) is 1.41. The van der Waals surface area contributed by atoms with Gasteiger partial charge in [-0.2, -0.15) is 0 Å². The van der Waals surface area contributed by atoms with Gasteiger partial charge in [0.05, 0.1) is 0 Å². The number of nitrogens with one attached hydrogen (secondary N) is 1. The van der Waals surface area contributed by atoms with Crippen molar-refractivity contribution in [2.24, 2.45) is 0 Å². The third kappa shape index (κ3) is 0.869. The van der Waals surface area contributed by atoms with Crippen molar-refractivity contribution in [1.82, 2.24) is 15.0 Å². The van der Waals surface area contributed by atoms with Crippen molar-refractivity contribution in [3.05, 3.63) is 23.9 Å². The van der Waals surface area contributed by atoms with Crippen molar-refractivity contribution in [3.63, 3.8) is 0 Å². The Hall–Kier alpha value is -1.45. The standard InChI is InChI=1S/C7H6FN3/c1-4-10-6-5(8)2-3-9-7(6)11-4/h2-3H,1H3,(H,9,10,11). The van der Waals surface area contributed by atoms with Crippen LogP contribution in [0.25, 0.3) is 11.2 Å². The van der Waals surface area contributed by atoms with E-state index >= 15 is 0 Å². The molecule has 11 heavy (non-hydrogen) atoms. The maximum atomic E-state index is 12.9. The molecule has 0 saturated heterocycles. The molecular weight excluding hydrogens is 145 g/mol. The number of pyridine rings is 1. The highest BCUT2D eigenvalue weighted by Gasteiger charge is 2.03. The van der Waals surface area contributed by atoms with Crippen LogP contribution in [0.4, 0.5) is 4.39 Å². The van der Waals surface area contributed by atoms with Gasteiger partial charge in [0.2, 0.25) is 0 Å². The lowest BCUT2D eigenvalue weighted by molar-refractivity contribution is 0.636. The molecule has 0 atom stereocenters. The average molecular weight is 151 g/mol. The van der Waals surface area contributed by atoms with Gasteiger partial charge in [-0.05, 0) is 13.0 Å². The van der Waals surface area contributed by atoms with Gasteiger partial charge in [0.25, 0.3) is 0 Å². The minimum absolute atomic E-state index is 0.310. The Bertz CT molecular complexity index is 393. The fourth-order valence-electron chi connectivity index (χ4n) is 0.996. The first-order valence-corrected chi connectivity index (χ1v) is 3.24. The lowest BCUT2D eigenvalue weighted by Crippen LogP contribution is -1.79. The summed E-state index contributed by atoms with van der Waals surface area (Å²) >= 11 is 0. The SMILES string of the molecule is Cc1nc2nccc(F)c2[nH]1. The Morgan fingerprint density at radius 2 is 2.36 bits per heavy atom. The van der Waals surface area contributed by atoms with Crippen LogP contribution in [0.3, 0.4) is 0 Å². The number of aromatic nitrogens is 3. The van der Waals surface area contributed by atoms with Crippen molar-refractivity contribution < 1.29 is 4.39 Å². The van der Waals surface area contributed by atoms with Crippen LogP contribution in [0, 0.1) is 12.7 Å². The summed E-state index contributed by atoms with van der Waals surface area (Å²) < 4.78 is 12.9. The third-order valence-electron chi connectivity index (χ3n) is 1.46. The largest absolute Gasteiger partial charge is 0.338 e. The van der Waals surface area contributed by atoms with Gasteiger partial charge in [0.15, 0.2) is 11.5 Å². The van der Waals surface area contributed by atoms with Gasteiger partial charge in [-0.3, -0.25) is 0 Å². The molecule has 0 saturated carbocycles. The Labute approximate surface area is 62.3 Å². The van der Waals surface area contributed by atoms with Crippen LogP contribution < -0.4 is 0 Å². The molecule has 2 rings (SSSR count). The number of rotatable bonds is 0. The summed E-state index contributed by atoms with van der Waals surface area (Å²) in [6.07, 6.45) is 1.40. The number of H-pyrrole nitrogens is 1. The zero-order chi connectivity index (χ0) is 7.84. The number of hydrogen-bond donors (Lipinski definition) is 1. The van der Waals surface area contributed by atoms with Gasteiger partial charge in [0.1, 0.15) is 11.3 Å². The number of nitrogens with zero attached hydrogens (tertiary/aromatic N) is 2. The fourth-order valence-corrected chi connectivity index (χ4v) is 0.996. The second-order valence-corrected chi connectivity index (χ2v) is 2.31. The first-order valence-electron chi connectivity index (χ1n) is 3.24. The van der Waals surface area contributed by atoms with E-state index in [0.717, 1.165) is 0 Å². The van der Waals surface area contributed by atoms with E-state index in [1.165, 1.54) is 12.3 Å². The van der Waals surface area contributed by atoms with E-state index in [4.69, 9.17) is 0 Å². The zero-order valence-corrected chi connectivity index (χ0v) is 5.93. The first kappa shape index (κ1) is 6.27. The number of hydrogen-bond acceptors (Lipinski definition) is 2. The zero-order valence-electron chi connectivity index (χ0n) is 5.93. The Morgan fingerprint density at radius 3 is 3.09 bits per heavy atom. The predicted molar refractivity (Wildman–Crippen MR) is 38.6 cm³/mol. The lowest BCUT2D eigenvalue weighted by Gasteiger charge is -1.86. The van der Waals surface area contributed by atoms with Gasteiger partial charge >= 0.3 is 0 Å². The molecule has 0 fully saturated rings. The molecule has 56 valence electrons. The molecule has 0 unspecified atom stereocenters. The van der Waals surface area contributed by atoms with Gasteiger partial charge in [-0.25, -0.2) is 14.4 Å². The van der Waals surface area contributed by atoms with E-state index in [1.54, 1.807) is 6.92 Å². The number of halogens is 1. The van der Waals surface area contributed by atoms with Crippen LogP contribution in [0.2, 0.25) is 0 Å². The monoisotopic (exact) mass is 151 g/mol. The highest BCUT2D eigenvalue weighted by Crippen LogP contribution is 2.10. The highest BCUT2D eigenvalue weighted by molar-refractivity contribution is 5.70. The van der Waals surface area contributed by atoms with Crippen molar-refractivity contribution in [3.8, 4) is 0 Å². The van der Waals surface area contributed by atoms with Crippen molar-refractivity contribution in [2.75, 3.05) is 0 Å². The number of fused-ring (bicyclic) bond motifs is 1. The second kappa shape index (κ2) is 2.02. The molecule has 2 aromatic rings. The minimum atomic E-state index is -0.310. The van der Waals surface area contributed by atoms with Crippen molar-refractivity contribution in [2.45, 2.75) is 6.92 Å². The van der Waals surface area contributed by atoms with Gasteiger partial charge < -0.3 is 4.98 Å². The summed E-state index contributed by atoms with van der Waals surface area (Å²) in [5.74, 6) is 0.369. The summed E-state index contributed by atoms with van der Waals surface area (Å²) in [4.78, 5) is 10.6. The lowest BCUT2D eigenvalue weighted by atomic mass is 10.4. The second-order valence-electron chi connectivity index (χ2n) is 2.31. The van der Waals surface area contributed by atoms with Gasteiger partial charge in [0, 0.05) is 6.20 Å². The van der Waals surface area contributed by atoms with Crippen molar-refractivity contribution >= 4 is 11.2 Å². The van der Waals surface area contributed by atoms with Crippen LogP contribution in [0.15, 0.2) is 12.3 Å². The van der Waals surface area contributed by atoms with Gasteiger partial charge in [-0.1, -0.05) is 0 Å². The van der Waals surface area contributed by atoms with E-state index in [0.29, 0.717) is 17.0 Å². The number of aryl methyl sites for hydroxylation is 1. The molecule has 3 nitrogen and oxygen atoms in total. The molecular formula is C7H6FN3. The molecule has 0 aliphatic carbocycles. The van der Waals surface area contributed by atoms with E-state index in [1.807, 2.05) is 0 Å². The molecule has 1 N–H and O–H groups in total. The Kier molecular flexibility index (Phi) is 1.15. The number of aromatic amines is 1. The van der Waals surface area contributed by atoms with E-state index in [-0.39, 0.29) is 5.82 Å². The molecule has 0 bridgehead atoms. The quantitative estimate of drug-likeness (QED) is 0.618. The molecule has 4 heteroatoms. The topological polar surface area (TPSA) is 41.6 Å². The normalized spacial score (nSPS) is 10.7. The first-order chi connectivity index (χ1) is 5.27. The van der Waals surface area contributed by atoms with E-state index < -0.39 is 0 Å². The molecule has 0 aliphatic rings. The summed E-state index contributed by atoms with van der Waals surface area (Å²) in [6.45, 7) is 1.76. The third-order valence-corrected chi connectivity index (χ3v) is 1.46. The summed E-state index contributed by atoms with van der Waals surface area (Å²) in [7, 11) is 0. The van der Waals surface area contributed by atoms with E-state index in [2.05, 4.69) is 15.0 Å². The molecule has 0 aromatic carbocycles. The summed E-state index contributed by atoms with van der Waals surface area (Å²) in [6, 6.07) is 1.31. The molecule has 0 aliphatic heterocycles. The van der Waals surface area contributed by atoms with Gasteiger partial charge in [-0.15, -0.1) is 0 Å². The molecule has 2 heterocycles. The minimum Gasteiger partial charge on any atom is -0.338 e. The average Bonchev–Trinajstić information content (AvgIpc) is 2.31. The van der Waals surface area contributed by atoms with Crippen LogP contribution in [0.1, 0.15) is 5.82 Å². The van der Waals surface area contributed by atoms with Crippen LogP contribution in [-0.2, 0) is 0 Å². The molecule has 0 spiro atoms. The van der Waals surface area contributed by atoms with E-state index in [9.17, 15) is 4.39 Å². The molecule has 2 aromatic heterocycles. The van der Waals surface area contributed by atoms with Crippen LogP contribution in [-0.4, -0.2) is 15.0 Å². The molecule has 0 amide bonds. The molecule has 0 radical (unpaired) electrons. The Balaban J connectivity index is 2.90.